The topological polar surface area (TPSA) is 62.3 Å². The molecule has 5 nitrogen and oxygen atoms in total. The first-order valence-electron chi connectivity index (χ1n) is 7.50. The molecule has 5 heteroatoms. The summed E-state index contributed by atoms with van der Waals surface area (Å²) in [7, 11) is 0. The molecule has 1 aromatic rings. The van der Waals surface area contributed by atoms with Gasteiger partial charge in [-0.05, 0) is 30.5 Å². The molecule has 1 rings (SSSR count). The highest BCUT2D eigenvalue weighted by molar-refractivity contribution is 5.78. The summed E-state index contributed by atoms with van der Waals surface area (Å²) in [5.74, 6) is 0.145. The Balaban J connectivity index is 2.45. The smallest absolute Gasteiger partial charge is 0.223 e. The summed E-state index contributed by atoms with van der Waals surface area (Å²) in [6, 6.07) is 3.78. The predicted octanol–water partition coefficient (Wildman–Crippen LogP) is 1.98. The van der Waals surface area contributed by atoms with Crippen LogP contribution in [0.15, 0.2) is 24.5 Å². The van der Waals surface area contributed by atoms with E-state index in [0.717, 1.165) is 18.4 Å². The molecule has 21 heavy (non-hydrogen) atoms. The zero-order chi connectivity index (χ0) is 15.7. The summed E-state index contributed by atoms with van der Waals surface area (Å²) in [5.41, 5.74) is 1.03. The largest absolute Gasteiger partial charge is 0.354 e. The van der Waals surface area contributed by atoms with Crippen molar-refractivity contribution < 1.29 is 9.59 Å². The molecule has 0 bridgehead atoms. The first kappa shape index (κ1) is 17.1. The number of carbonyl (C=O) groups is 2. The van der Waals surface area contributed by atoms with Gasteiger partial charge in [0.2, 0.25) is 11.8 Å². The Labute approximate surface area is 126 Å². The second-order valence-corrected chi connectivity index (χ2v) is 5.10. The van der Waals surface area contributed by atoms with E-state index in [1.807, 2.05) is 26.0 Å². The molecule has 0 atom stereocenters. The number of rotatable bonds is 8. The van der Waals surface area contributed by atoms with Gasteiger partial charge in [0.15, 0.2) is 0 Å². The molecule has 0 saturated carbocycles. The maximum atomic E-state index is 11.9. The van der Waals surface area contributed by atoms with Gasteiger partial charge in [-0.3, -0.25) is 14.6 Å². The van der Waals surface area contributed by atoms with E-state index in [1.165, 1.54) is 0 Å². The van der Waals surface area contributed by atoms with Gasteiger partial charge in [0.1, 0.15) is 0 Å². The molecule has 0 aliphatic heterocycles. The van der Waals surface area contributed by atoms with Crippen molar-refractivity contribution in [3.63, 3.8) is 0 Å². The molecule has 1 heterocycles. The number of pyridine rings is 1. The molecule has 0 saturated heterocycles. The van der Waals surface area contributed by atoms with E-state index in [0.29, 0.717) is 19.6 Å². The van der Waals surface area contributed by atoms with Crippen LogP contribution in [0.2, 0.25) is 0 Å². The zero-order valence-electron chi connectivity index (χ0n) is 13.1. The van der Waals surface area contributed by atoms with Crippen LogP contribution in [0.5, 0.6) is 0 Å². The third kappa shape index (κ3) is 5.94. The summed E-state index contributed by atoms with van der Waals surface area (Å²) in [6.07, 6.45) is 5.11. The second kappa shape index (κ2) is 9.10. The maximum Gasteiger partial charge on any atom is 0.223 e. The van der Waals surface area contributed by atoms with E-state index >= 15 is 0 Å². The molecule has 0 spiro atoms. The summed E-state index contributed by atoms with van der Waals surface area (Å²) in [4.78, 5) is 29.2. The first-order chi connectivity index (χ1) is 10.1. The normalized spacial score (nSPS) is 10.5. The minimum Gasteiger partial charge on any atom is -0.354 e. The number of carbonyl (C=O) groups excluding carboxylic acids is 2. The molecule has 0 radical (unpaired) electrons. The van der Waals surface area contributed by atoms with Crippen molar-refractivity contribution in [2.45, 2.75) is 40.2 Å². The number of nitrogens with zero attached hydrogens (tertiary/aromatic N) is 2. The molecule has 0 aromatic carbocycles. The first-order valence-corrected chi connectivity index (χ1v) is 7.50. The van der Waals surface area contributed by atoms with E-state index in [2.05, 4.69) is 10.3 Å². The fourth-order valence-corrected chi connectivity index (χ4v) is 2.17. The van der Waals surface area contributed by atoms with Gasteiger partial charge in [-0.25, -0.2) is 0 Å². The Hall–Kier alpha value is -1.91. The molecule has 2 amide bonds. The molecule has 0 aliphatic rings. The van der Waals surface area contributed by atoms with Crippen LogP contribution in [0.25, 0.3) is 0 Å². The molecular weight excluding hydrogens is 266 g/mol. The van der Waals surface area contributed by atoms with Gasteiger partial charge in [-0.1, -0.05) is 13.8 Å². The second-order valence-electron chi connectivity index (χ2n) is 5.10. The lowest BCUT2D eigenvalue weighted by Gasteiger charge is -2.22. The van der Waals surface area contributed by atoms with E-state index in [9.17, 15) is 9.59 Å². The minimum atomic E-state index is 0.00333. The van der Waals surface area contributed by atoms with Crippen molar-refractivity contribution in [2.24, 2.45) is 5.92 Å². The lowest BCUT2D eigenvalue weighted by molar-refractivity contribution is -0.130. The van der Waals surface area contributed by atoms with E-state index < -0.39 is 0 Å². The summed E-state index contributed by atoms with van der Waals surface area (Å²) < 4.78 is 0. The Bertz CT molecular complexity index is 444. The Morgan fingerprint density at radius 2 is 1.86 bits per heavy atom. The number of nitrogens with one attached hydrogen (secondary N) is 1. The molecule has 0 unspecified atom stereocenters. The molecular formula is C16H25N3O2. The van der Waals surface area contributed by atoms with Crippen molar-refractivity contribution >= 4 is 11.8 Å². The average molecular weight is 291 g/mol. The van der Waals surface area contributed by atoms with Gasteiger partial charge in [-0.15, -0.1) is 0 Å². The van der Waals surface area contributed by atoms with E-state index in [1.54, 1.807) is 24.2 Å². The Kier molecular flexibility index (Phi) is 7.43. The summed E-state index contributed by atoms with van der Waals surface area (Å²) in [6.45, 7) is 7.12. The fraction of sp³-hybridized carbons (Fsp3) is 0.562. The minimum absolute atomic E-state index is 0.00333. The van der Waals surface area contributed by atoms with E-state index in [-0.39, 0.29) is 17.7 Å². The monoisotopic (exact) mass is 291 g/mol. The SMILES string of the molecule is CCC(CC)C(=O)NCCN(Cc1ccncc1)C(C)=O. The third-order valence-corrected chi connectivity index (χ3v) is 3.61. The molecule has 1 aromatic heterocycles. The highest BCUT2D eigenvalue weighted by Gasteiger charge is 2.14. The standard InChI is InChI=1S/C16H25N3O2/c1-4-15(5-2)16(21)18-10-11-19(13(3)20)12-14-6-8-17-9-7-14/h6-9,15H,4-5,10-12H2,1-3H3,(H,18,21). The van der Waals surface area contributed by atoms with Crippen LogP contribution >= 0.6 is 0 Å². The molecule has 0 fully saturated rings. The van der Waals surface area contributed by atoms with Crippen LogP contribution in [0.3, 0.4) is 0 Å². The van der Waals surface area contributed by atoms with Crippen molar-refractivity contribution in [2.75, 3.05) is 13.1 Å². The number of aromatic nitrogens is 1. The molecule has 0 aliphatic carbocycles. The van der Waals surface area contributed by atoms with Gasteiger partial charge < -0.3 is 10.2 Å². The van der Waals surface area contributed by atoms with Crippen LogP contribution in [0.1, 0.15) is 39.2 Å². The maximum absolute atomic E-state index is 11.9. The Morgan fingerprint density at radius 3 is 2.38 bits per heavy atom. The lowest BCUT2D eigenvalue weighted by atomic mass is 10.0. The predicted molar refractivity (Wildman–Crippen MR) is 82.4 cm³/mol. The summed E-state index contributed by atoms with van der Waals surface area (Å²) >= 11 is 0. The van der Waals surface area contributed by atoms with Crippen LogP contribution in [0.4, 0.5) is 0 Å². The van der Waals surface area contributed by atoms with Crippen molar-refractivity contribution in [1.29, 1.82) is 0 Å². The quantitative estimate of drug-likeness (QED) is 0.796. The van der Waals surface area contributed by atoms with Crippen LogP contribution in [0, 0.1) is 5.92 Å². The average Bonchev–Trinajstić information content (AvgIpc) is 2.48. The van der Waals surface area contributed by atoms with Crippen LogP contribution < -0.4 is 5.32 Å². The summed E-state index contributed by atoms with van der Waals surface area (Å²) in [5, 5.41) is 2.91. The fourth-order valence-electron chi connectivity index (χ4n) is 2.17. The zero-order valence-corrected chi connectivity index (χ0v) is 13.1. The van der Waals surface area contributed by atoms with Gasteiger partial charge in [0.25, 0.3) is 0 Å². The lowest BCUT2D eigenvalue weighted by Crippen LogP contribution is -2.39. The van der Waals surface area contributed by atoms with Gasteiger partial charge >= 0.3 is 0 Å². The number of hydrogen-bond acceptors (Lipinski definition) is 3. The van der Waals surface area contributed by atoms with Crippen LogP contribution in [-0.4, -0.2) is 34.8 Å². The number of amides is 2. The van der Waals surface area contributed by atoms with Crippen molar-refractivity contribution in [3.8, 4) is 0 Å². The highest BCUT2D eigenvalue weighted by atomic mass is 16.2. The Morgan fingerprint density at radius 1 is 1.24 bits per heavy atom. The van der Waals surface area contributed by atoms with E-state index in [4.69, 9.17) is 0 Å². The molecule has 1 N–H and O–H groups in total. The van der Waals surface area contributed by atoms with Gasteiger partial charge in [0, 0.05) is 44.9 Å². The van der Waals surface area contributed by atoms with Gasteiger partial charge in [-0.2, -0.15) is 0 Å². The van der Waals surface area contributed by atoms with Crippen LogP contribution in [-0.2, 0) is 16.1 Å². The molecule has 116 valence electrons. The third-order valence-electron chi connectivity index (χ3n) is 3.61. The van der Waals surface area contributed by atoms with Gasteiger partial charge in [0.05, 0.1) is 0 Å². The number of hydrogen-bond donors (Lipinski definition) is 1. The van der Waals surface area contributed by atoms with Crippen molar-refractivity contribution in [3.05, 3.63) is 30.1 Å². The van der Waals surface area contributed by atoms with Crippen molar-refractivity contribution in [1.82, 2.24) is 15.2 Å². The highest BCUT2D eigenvalue weighted by Crippen LogP contribution is 2.07.